The lowest BCUT2D eigenvalue weighted by molar-refractivity contribution is -0.0514. The molecular formula is C18H15F2NO4. The zero-order chi connectivity index (χ0) is 18.2. The van der Waals surface area contributed by atoms with Gasteiger partial charge in [0.15, 0.2) is 11.5 Å². The van der Waals surface area contributed by atoms with Crippen molar-refractivity contribution in [2.45, 2.75) is 20.1 Å². The normalized spacial score (nSPS) is 10.2. The third-order valence-corrected chi connectivity index (χ3v) is 3.15. The number of carbonyl (C=O) groups excluding carboxylic acids is 1. The summed E-state index contributed by atoms with van der Waals surface area (Å²) in [7, 11) is 0. The maximum absolute atomic E-state index is 12.4. The van der Waals surface area contributed by atoms with Gasteiger partial charge in [0.25, 0.3) is 0 Å². The average Bonchev–Trinajstić information content (AvgIpc) is 2.61. The molecule has 0 saturated carbocycles. The quantitative estimate of drug-likeness (QED) is 0.710. The fourth-order valence-corrected chi connectivity index (χ4v) is 2.00. The summed E-state index contributed by atoms with van der Waals surface area (Å²) in [5.74, 6) is -0.745. The van der Waals surface area contributed by atoms with E-state index in [2.05, 4.69) is 4.74 Å². The molecule has 0 N–H and O–H groups in total. The molecule has 0 aliphatic rings. The van der Waals surface area contributed by atoms with Crippen LogP contribution in [-0.2, 0) is 11.3 Å². The van der Waals surface area contributed by atoms with Crippen LogP contribution in [0.2, 0.25) is 0 Å². The number of rotatable bonds is 7. The van der Waals surface area contributed by atoms with Crippen LogP contribution >= 0.6 is 0 Å². The van der Waals surface area contributed by atoms with Crippen LogP contribution in [0.3, 0.4) is 0 Å². The molecule has 5 nitrogen and oxygen atoms in total. The van der Waals surface area contributed by atoms with Crippen molar-refractivity contribution >= 4 is 5.97 Å². The molecule has 0 spiro atoms. The second-order valence-electron chi connectivity index (χ2n) is 4.86. The van der Waals surface area contributed by atoms with Crippen LogP contribution in [0.25, 0.3) is 0 Å². The SMILES string of the molecule is CCOc1cc(C(=O)OCc2ccc(C#N)cc2)ccc1OC(F)F. The summed E-state index contributed by atoms with van der Waals surface area (Å²) < 4.78 is 39.5. The van der Waals surface area contributed by atoms with E-state index in [1.807, 2.05) is 6.07 Å². The summed E-state index contributed by atoms with van der Waals surface area (Å²) in [6, 6.07) is 12.4. The summed E-state index contributed by atoms with van der Waals surface area (Å²) in [5, 5.41) is 8.74. The Hall–Kier alpha value is -3.14. The van der Waals surface area contributed by atoms with Crippen LogP contribution in [-0.4, -0.2) is 19.2 Å². The molecule has 0 radical (unpaired) electrons. The highest BCUT2D eigenvalue weighted by molar-refractivity contribution is 5.90. The van der Waals surface area contributed by atoms with Gasteiger partial charge < -0.3 is 14.2 Å². The number of ether oxygens (including phenoxy) is 3. The van der Waals surface area contributed by atoms with Crippen molar-refractivity contribution in [3.63, 3.8) is 0 Å². The number of benzene rings is 2. The van der Waals surface area contributed by atoms with E-state index in [1.165, 1.54) is 18.2 Å². The van der Waals surface area contributed by atoms with Gasteiger partial charge in [-0.05, 0) is 42.8 Å². The lowest BCUT2D eigenvalue weighted by atomic mass is 10.1. The Morgan fingerprint density at radius 2 is 1.88 bits per heavy atom. The Labute approximate surface area is 143 Å². The van der Waals surface area contributed by atoms with Gasteiger partial charge in [-0.15, -0.1) is 0 Å². The van der Waals surface area contributed by atoms with Gasteiger partial charge in [-0.25, -0.2) is 4.79 Å². The first kappa shape index (κ1) is 18.2. The molecule has 0 amide bonds. The molecule has 0 atom stereocenters. The van der Waals surface area contributed by atoms with Crippen molar-refractivity contribution in [1.29, 1.82) is 5.26 Å². The van der Waals surface area contributed by atoms with E-state index in [1.54, 1.807) is 31.2 Å². The van der Waals surface area contributed by atoms with Crippen LogP contribution in [0.5, 0.6) is 11.5 Å². The minimum absolute atomic E-state index is 0.0177. The predicted molar refractivity (Wildman–Crippen MR) is 84.5 cm³/mol. The molecular weight excluding hydrogens is 332 g/mol. The van der Waals surface area contributed by atoms with E-state index in [9.17, 15) is 13.6 Å². The van der Waals surface area contributed by atoms with Gasteiger partial charge >= 0.3 is 12.6 Å². The first-order valence-corrected chi connectivity index (χ1v) is 7.41. The number of halogens is 2. The molecule has 7 heteroatoms. The third kappa shape index (κ3) is 5.18. The van der Waals surface area contributed by atoms with Gasteiger partial charge in [-0.3, -0.25) is 0 Å². The molecule has 2 aromatic carbocycles. The molecule has 0 bridgehead atoms. The second kappa shape index (κ2) is 8.64. The Bertz CT molecular complexity index is 770. The minimum Gasteiger partial charge on any atom is -0.490 e. The van der Waals surface area contributed by atoms with Crippen molar-refractivity contribution in [3.8, 4) is 17.6 Å². The lowest BCUT2D eigenvalue weighted by Crippen LogP contribution is -2.08. The Morgan fingerprint density at radius 1 is 1.16 bits per heavy atom. The molecule has 0 heterocycles. The van der Waals surface area contributed by atoms with Gasteiger partial charge in [0, 0.05) is 0 Å². The molecule has 25 heavy (non-hydrogen) atoms. The molecule has 130 valence electrons. The summed E-state index contributed by atoms with van der Waals surface area (Å²) in [4.78, 5) is 12.1. The highest BCUT2D eigenvalue weighted by atomic mass is 19.3. The number of carbonyl (C=O) groups is 1. The van der Waals surface area contributed by atoms with Crippen molar-refractivity contribution in [2.24, 2.45) is 0 Å². The third-order valence-electron chi connectivity index (χ3n) is 3.15. The van der Waals surface area contributed by atoms with Crippen LogP contribution in [0, 0.1) is 11.3 Å². The zero-order valence-electron chi connectivity index (χ0n) is 13.4. The number of esters is 1. The maximum Gasteiger partial charge on any atom is 0.387 e. The van der Waals surface area contributed by atoms with E-state index in [4.69, 9.17) is 14.7 Å². The minimum atomic E-state index is -2.99. The first-order chi connectivity index (χ1) is 12.0. The molecule has 0 aromatic heterocycles. The van der Waals surface area contributed by atoms with E-state index in [0.29, 0.717) is 5.56 Å². The number of alkyl halides is 2. The largest absolute Gasteiger partial charge is 0.490 e. The van der Waals surface area contributed by atoms with Gasteiger partial charge in [0.05, 0.1) is 23.8 Å². The van der Waals surface area contributed by atoms with E-state index in [-0.39, 0.29) is 30.3 Å². The molecule has 2 aromatic rings. The van der Waals surface area contributed by atoms with Crippen molar-refractivity contribution in [3.05, 3.63) is 59.2 Å². The molecule has 0 fully saturated rings. The summed E-state index contributed by atoms with van der Waals surface area (Å²) in [6.45, 7) is -1.07. The van der Waals surface area contributed by atoms with Crippen LogP contribution in [0.4, 0.5) is 8.78 Å². The van der Waals surface area contributed by atoms with Crippen molar-refractivity contribution in [2.75, 3.05) is 6.61 Å². The van der Waals surface area contributed by atoms with Gasteiger partial charge in [-0.1, -0.05) is 12.1 Å². The molecule has 0 saturated heterocycles. The number of hydrogen-bond donors (Lipinski definition) is 0. The van der Waals surface area contributed by atoms with E-state index >= 15 is 0 Å². The topological polar surface area (TPSA) is 68.5 Å². The fourth-order valence-electron chi connectivity index (χ4n) is 2.00. The Balaban J connectivity index is 2.07. The highest BCUT2D eigenvalue weighted by Crippen LogP contribution is 2.30. The van der Waals surface area contributed by atoms with E-state index in [0.717, 1.165) is 5.56 Å². The van der Waals surface area contributed by atoms with E-state index < -0.39 is 12.6 Å². The predicted octanol–water partition coefficient (Wildman–Crippen LogP) is 3.92. The summed E-state index contributed by atoms with van der Waals surface area (Å²) in [6.07, 6.45) is 0. The summed E-state index contributed by atoms with van der Waals surface area (Å²) >= 11 is 0. The van der Waals surface area contributed by atoms with Crippen molar-refractivity contribution in [1.82, 2.24) is 0 Å². The number of nitriles is 1. The number of nitrogens with zero attached hydrogens (tertiary/aromatic N) is 1. The number of hydrogen-bond acceptors (Lipinski definition) is 5. The average molecular weight is 347 g/mol. The highest BCUT2D eigenvalue weighted by Gasteiger charge is 2.15. The van der Waals surface area contributed by atoms with Crippen LogP contribution in [0.1, 0.15) is 28.4 Å². The fraction of sp³-hybridized carbons (Fsp3) is 0.222. The molecule has 0 unspecified atom stereocenters. The summed E-state index contributed by atoms with van der Waals surface area (Å²) in [5.41, 5.74) is 1.37. The molecule has 0 aliphatic carbocycles. The Morgan fingerprint density at radius 3 is 2.48 bits per heavy atom. The zero-order valence-corrected chi connectivity index (χ0v) is 13.4. The van der Waals surface area contributed by atoms with Gasteiger partial charge in [-0.2, -0.15) is 14.0 Å². The van der Waals surface area contributed by atoms with Crippen LogP contribution in [0.15, 0.2) is 42.5 Å². The molecule has 2 rings (SSSR count). The monoisotopic (exact) mass is 347 g/mol. The van der Waals surface area contributed by atoms with Gasteiger partial charge in [0.1, 0.15) is 6.61 Å². The Kier molecular flexibility index (Phi) is 6.29. The van der Waals surface area contributed by atoms with Gasteiger partial charge in [0.2, 0.25) is 0 Å². The smallest absolute Gasteiger partial charge is 0.387 e. The maximum atomic E-state index is 12.4. The standard InChI is InChI=1S/C18H15F2NO4/c1-2-23-16-9-14(7-8-15(16)25-18(19)20)17(22)24-11-13-5-3-12(10-21)4-6-13/h3-9,18H,2,11H2,1H3. The first-order valence-electron chi connectivity index (χ1n) is 7.41. The molecule has 0 aliphatic heterocycles. The second-order valence-corrected chi connectivity index (χ2v) is 4.86. The lowest BCUT2D eigenvalue weighted by Gasteiger charge is -2.12. The van der Waals surface area contributed by atoms with Crippen molar-refractivity contribution < 1.29 is 27.8 Å². The van der Waals surface area contributed by atoms with Crippen LogP contribution < -0.4 is 9.47 Å².